The fraction of sp³-hybridized carbons (Fsp3) is 0. The Kier molecular flexibility index (Phi) is 4.14. The lowest BCUT2D eigenvalue weighted by Crippen LogP contribution is -2.11. The van der Waals surface area contributed by atoms with Crippen LogP contribution < -0.4 is 4.72 Å². The van der Waals surface area contributed by atoms with Gasteiger partial charge in [0.25, 0.3) is 10.0 Å². The molecule has 0 aliphatic rings. The number of rotatable bonds is 4. The van der Waals surface area contributed by atoms with Crippen molar-refractivity contribution in [1.82, 2.24) is 9.55 Å². The summed E-state index contributed by atoms with van der Waals surface area (Å²) in [6.07, 6.45) is 5.13. The van der Waals surface area contributed by atoms with Crippen LogP contribution in [0, 0.1) is 0 Å². The van der Waals surface area contributed by atoms with Crippen LogP contribution in [0.4, 0.5) is 5.69 Å². The van der Waals surface area contributed by atoms with Crippen molar-refractivity contribution in [2.24, 2.45) is 0 Å². The summed E-state index contributed by atoms with van der Waals surface area (Å²) in [7, 11) is -3.70. The van der Waals surface area contributed by atoms with Crippen LogP contribution in [-0.4, -0.2) is 18.0 Å². The molecule has 0 saturated heterocycles. The van der Waals surface area contributed by atoms with E-state index in [1.165, 1.54) is 6.07 Å². The zero-order chi connectivity index (χ0) is 15.7. The molecule has 22 heavy (non-hydrogen) atoms. The first-order valence-electron chi connectivity index (χ1n) is 6.02. The zero-order valence-electron chi connectivity index (χ0n) is 10.9. The minimum absolute atomic E-state index is 0.0705. The highest BCUT2D eigenvalue weighted by molar-refractivity contribution is 7.94. The highest BCUT2D eigenvalue weighted by atomic mass is 35.5. The number of halogens is 2. The normalized spacial score (nSPS) is 11.5. The Morgan fingerprint density at radius 3 is 2.45 bits per heavy atom. The van der Waals surface area contributed by atoms with Crippen LogP contribution in [0.3, 0.4) is 0 Å². The Balaban J connectivity index is 1.83. The summed E-state index contributed by atoms with van der Waals surface area (Å²) >= 11 is 12.5. The standard InChI is InChI=1S/C13H9Cl2N3O2S2/c14-11-7-12(21-13(11)15)22(19,20)17-9-1-3-10(4-2-9)18-6-5-16-8-18/h1-8,17H. The van der Waals surface area contributed by atoms with E-state index >= 15 is 0 Å². The third kappa shape index (κ3) is 3.12. The van der Waals surface area contributed by atoms with Gasteiger partial charge < -0.3 is 4.57 Å². The maximum absolute atomic E-state index is 12.2. The van der Waals surface area contributed by atoms with E-state index in [1.54, 1.807) is 43.0 Å². The van der Waals surface area contributed by atoms with E-state index in [2.05, 4.69) is 9.71 Å². The fourth-order valence-corrected chi connectivity index (χ4v) is 4.72. The van der Waals surface area contributed by atoms with Crippen molar-refractivity contribution in [3.05, 3.63) is 58.4 Å². The lowest BCUT2D eigenvalue weighted by Gasteiger charge is -2.07. The van der Waals surface area contributed by atoms with Gasteiger partial charge in [-0.15, -0.1) is 11.3 Å². The highest BCUT2D eigenvalue weighted by Crippen LogP contribution is 2.35. The number of hydrogen-bond donors (Lipinski definition) is 1. The zero-order valence-corrected chi connectivity index (χ0v) is 14.0. The van der Waals surface area contributed by atoms with Gasteiger partial charge in [0, 0.05) is 23.8 Å². The molecule has 0 bridgehead atoms. The number of nitrogens with one attached hydrogen (secondary N) is 1. The molecule has 114 valence electrons. The molecule has 9 heteroatoms. The molecular formula is C13H9Cl2N3O2S2. The van der Waals surface area contributed by atoms with Gasteiger partial charge >= 0.3 is 0 Å². The Morgan fingerprint density at radius 2 is 1.91 bits per heavy atom. The summed E-state index contributed by atoms with van der Waals surface area (Å²) in [5.41, 5.74) is 1.33. The van der Waals surface area contributed by atoms with Crippen molar-refractivity contribution in [3.8, 4) is 5.69 Å². The second-order valence-electron chi connectivity index (χ2n) is 4.31. The number of aromatic nitrogens is 2. The fourth-order valence-electron chi connectivity index (χ4n) is 1.78. The molecule has 1 aromatic carbocycles. The number of nitrogens with zero attached hydrogens (tertiary/aromatic N) is 2. The Labute approximate surface area is 141 Å². The van der Waals surface area contributed by atoms with E-state index in [9.17, 15) is 8.42 Å². The van der Waals surface area contributed by atoms with Crippen molar-refractivity contribution in [2.75, 3.05) is 4.72 Å². The van der Waals surface area contributed by atoms with Gasteiger partial charge in [-0.1, -0.05) is 23.2 Å². The van der Waals surface area contributed by atoms with Gasteiger partial charge in [0.1, 0.15) is 8.55 Å². The molecule has 0 atom stereocenters. The van der Waals surface area contributed by atoms with Gasteiger partial charge in [-0.2, -0.15) is 0 Å². The van der Waals surface area contributed by atoms with Crippen molar-refractivity contribution in [2.45, 2.75) is 4.21 Å². The van der Waals surface area contributed by atoms with Gasteiger partial charge in [-0.3, -0.25) is 4.72 Å². The lowest BCUT2D eigenvalue weighted by atomic mass is 10.3. The predicted molar refractivity (Wildman–Crippen MR) is 88.7 cm³/mol. The molecule has 2 aromatic heterocycles. The Morgan fingerprint density at radius 1 is 1.18 bits per heavy atom. The molecule has 0 aliphatic carbocycles. The number of hydrogen-bond acceptors (Lipinski definition) is 4. The predicted octanol–water partition coefficient (Wildman–Crippen LogP) is 4.04. The lowest BCUT2D eigenvalue weighted by molar-refractivity contribution is 0.603. The SMILES string of the molecule is O=S(=O)(Nc1ccc(-n2ccnc2)cc1)c1cc(Cl)c(Cl)s1. The molecule has 1 N–H and O–H groups in total. The summed E-state index contributed by atoms with van der Waals surface area (Å²) in [5.74, 6) is 0. The number of imidazole rings is 1. The van der Waals surface area contributed by atoms with E-state index in [0.717, 1.165) is 17.0 Å². The summed E-state index contributed by atoms with van der Waals surface area (Å²) in [6, 6.07) is 8.24. The second-order valence-corrected chi connectivity index (χ2v) is 8.28. The van der Waals surface area contributed by atoms with E-state index in [4.69, 9.17) is 23.2 Å². The number of sulfonamides is 1. The molecule has 5 nitrogen and oxygen atoms in total. The molecule has 0 spiro atoms. The van der Waals surface area contributed by atoms with E-state index < -0.39 is 10.0 Å². The molecule has 0 unspecified atom stereocenters. The maximum Gasteiger partial charge on any atom is 0.271 e. The monoisotopic (exact) mass is 373 g/mol. The molecule has 0 fully saturated rings. The van der Waals surface area contributed by atoms with Crippen LogP contribution in [0.1, 0.15) is 0 Å². The molecular weight excluding hydrogens is 365 g/mol. The van der Waals surface area contributed by atoms with Crippen LogP contribution in [-0.2, 0) is 10.0 Å². The minimum atomic E-state index is -3.70. The third-order valence-corrected chi connectivity index (χ3v) is 6.53. The van der Waals surface area contributed by atoms with Crippen molar-refractivity contribution in [3.63, 3.8) is 0 Å². The van der Waals surface area contributed by atoms with Crippen LogP contribution in [0.5, 0.6) is 0 Å². The van der Waals surface area contributed by atoms with Crippen molar-refractivity contribution < 1.29 is 8.42 Å². The summed E-state index contributed by atoms with van der Waals surface area (Å²) in [5, 5.41) is 0.225. The first-order chi connectivity index (χ1) is 10.5. The van der Waals surface area contributed by atoms with Crippen LogP contribution in [0.15, 0.2) is 53.3 Å². The smallest absolute Gasteiger partial charge is 0.271 e. The van der Waals surface area contributed by atoms with Gasteiger partial charge in [0.15, 0.2) is 0 Å². The van der Waals surface area contributed by atoms with E-state index in [-0.39, 0.29) is 13.6 Å². The maximum atomic E-state index is 12.2. The first-order valence-corrected chi connectivity index (χ1v) is 9.07. The average molecular weight is 374 g/mol. The average Bonchev–Trinajstić information content (AvgIpc) is 3.11. The number of thiophene rings is 1. The van der Waals surface area contributed by atoms with Crippen LogP contribution in [0.25, 0.3) is 5.69 Å². The Bertz CT molecular complexity index is 869. The molecule has 3 rings (SSSR count). The largest absolute Gasteiger partial charge is 0.306 e. The Hall–Kier alpha value is -1.54. The summed E-state index contributed by atoms with van der Waals surface area (Å²) in [4.78, 5) is 3.96. The second kappa shape index (κ2) is 5.92. The van der Waals surface area contributed by atoms with E-state index in [0.29, 0.717) is 5.69 Å². The van der Waals surface area contributed by atoms with Crippen LogP contribution >= 0.6 is 34.5 Å². The van der Waals surface area contributed by atoms with Gasteiger partial charge in [-0.05, 0) is 30.3 Å². The molecule has 2 heterocycles. The first kappa shape index (κ1) is 15.4. The summed E-state index contributed by atoms with van der Waals surface area (Å²) < 4.78 is 29.1. The molecule has 0 saturated carbocycles. The van der Waals surface area contributed by atoms with E-state index in [1.807, 2.05) is 4.57 Å². The van der Waals surface area contributed by atoms with Gasteiger partial charge in [0.05, 0.1) is 11.3 Å². The van der Waals surface area contributed by atoms with Gasteiger partial charge in [-0.25, -0.2) is 13.4 Å². The summed E-state index contributed by atoms with van der Waals surface area (Å²) in [6.45, 7) is 0. The van der Waals surface area contributed by atoms with Gasteiger partial charge in [0.2, 0.25) is 0 Å². The minimum Gasteiger partial charge on any atom is -0.306 e. The molecule has 0 amide bonds. The number of anilines is 1. The van der Waals surface area contributed by atoms with Crippen molar-refractivity contribution >= 4 is 50.2 Å². The van der Waals surface area contributed by atoms with Crippen molar-refractivity contribution in [1.29, 1.82) is 0 Å². The third-order valence-electron chi connectivity index (χ3n) is 2.81. The topological polar surface area (TPSA) is 64.0 Å². The highest BCUT2D eigenvalue weighted by Gasteiger charge is 2.19. The number of benzene rings is 1. The molecule has 0 radical (unpaired) electrons. The molecule has 0 aliphatic heterocycles. The van der Waals surface area contributed by atoms with Crippen LogP contribution in [0.2, 0.25) is 9.36 Å². The quantitative estimate of drug-likeness (QED) is 0.750. The molecule has 3 aromatic rings.